The van der Waals surface area contributed by atoms with Crippen LogP contribution in [0.15, 0.2) is 71.5 Å². The van der Waals surface area contributed by atoms with E-state index in [1.54, 1.807) is 11.0 Å². The number of hydrogen-bond acceptors (Lipinski definition) is 6. The Hall–Kier alpha value is -3.43. The molecule has 1 N–H and O–H groups in total. The van der Waals surface area contributed by atoms with Crippen LogP contribution in [0.4, 0.5) is 20.7 Å². The monoisotopic (exact) mass is 584 g/mol. The second-order valence-corrected chi connectivity index (χ2v) is 9.88. The number of piperidine rings is 1. The lowest BCUT2D eigenvalue weighted by molar-refractivity contribution is 0.0637. The Balaban J connectivity index is 1.24. The van der Waals surface area contributed by atoms with Gasteiger partial charge in [0, 0.05) is 37.0 Å². The van der Waals surface area contributed by atoms with Gasteiger partial charge in [-0.25, -0.2) is 19.2 Å². The number of carbonyl (C=O) groups excluding carboxylic acids is 1. The Morgan fingerprint density at radius 2 is 1.89 bits per heavy atom. The third kappa shape index (κ3) is 6.11. The summed E-state index contributed by atoms with van der Waals surface area (Å²) < 4.78 is 26.1. The number of ether oxygens (including phenoxy) is 2. The van der Waals surface area contributed by atoms with E-state index in [1.165, 1.54) is 18.5 Å². The van der Waals surface area contributed by atoms with Crippen molar-refractivity contribution in [3.8, 4) is 5.75 Å². The molecule has 0 bridgehead atoms. The summed E-state index contributed by atoms with van der Waals surface area (Å²) in [5.74, 6) is 0.698. The number of benzene rings is 3. The molecule has 7 nitrogen and oxygen atoms in total. The number of anilines is 2. The SMILES string of the molecule is O=C(OCc1ccccc1)N1CCC(Oc2cc3c(Nc4ccc(F)c(Cl)c4)ncnc3cc2Br)CC1. The molecule has 3 aromatic carbocycles. The van der Waals surface area contributed by atoms with Crippen molar-refractivity contribution >= 4 is 56.0 Å². The van der Waals surface area contributed by atoms with Crippen molar-refractivity contribution in [2.75, 3.05) is 18.4 Å². The van der Waals surface area contributed by atoms with Crippen LogP contribution in [0.1, 0.15) is 18.4 Å². The number of halogens is 3. The van der Waals surface area contributed by atoms with Crippen molar-refractivity contribution in [1.29, 1.82) is 0 Å². The van der Waals surface area contributed by atoms with Crippen LogP contribution >= 0.6 is 27.5 Å². The largest absolute Gasteiger partial charge is 0.489 e. The van der Waals surface area contributed by atoms with E-state index in [0.717, 1.165) is 15.4 Å². The summed E-state index contributed by atoms with van der Waals surface area (Å²) in [5.41, 5.74) is 2.26. The third-order valence-electron chi connectivity index (χ3n) is 6.07. The first kappa shape index (κ1) is 25.2. The van der Waals surface area contributed by atoms with Crippen LogP contribution in [0.2, 0.25) is 5.02 Å². The van der Waals surface area contributed by atoms with Gasteiger partial charge in [0.15, 0.2) is 0 Å². The Labute approximate surface area is 226 Å². The zero-order valence-electron chi connectivity index (χ0n) is 19.7. The van der Waals surface area contributed by atoms with Crippen molar-refractivity contribution in [3.05, 3.63) is 87.9 Å². The van der Waals surface area contributed by atoms with Crippen molar-refractivity contribution < 1.29 is 18.7 Å². The maximum atomic E-state index is 13.6. The number of nitrogens with zero attached hydrogens (tertiary/aromatic N) is 3. The second-order valence-electron chi connectivity index (χ2n) is 8.62. The summed E-state index contributed by atoms with van der Waals surface area (Å²) >= 11 is 9.50. The molecule has 4 aromatic rings. The van der Waals surface area contributed by atoms with Gasteiger partial charge in [0.05, 0.1) is 15.0 Å². The molecular weight excluding hydrogens is 563 g/mol. The molecule has 2 heterocycles. The predicted molar refractivity (Wildman–Crippen MR) is 144 cm³/mol. The Bertz CT molecular complexity index is 1420. The summed E-state index contributed by atoms with van der Waals surface area (Å²) in [5, 5.41) is 3.93. The molecule has 10 heteroatoms. The van der Waals surface area contributed by atoms with Gasteiger partial charge in [-0.05, 0) is 51.8 Å². The van der Waals surface area contributed by atoms with Crippen molar-refractivity contribution in [3.63, 3.8) is 0 Å². The minimum Gasteiger partial charge on any atom is -0.489 e. The highest BCUT2D eigenvalue weighted by molar-refractivity contribution is 9.10. The van der Waals surface area contributed by atoms with E-state index in [4.69, 9.17) is 21.1 Å². The summed E-state index contributed by atoms with van der Waals surface area (Å²) in [6.45, 7) is 1.35. The molecule has 0 aliphatic carbocycles. The topological polar surface area (TPSA) is 76.6 Å². The number of hydrogen-bond donors (Lipinski definition) is 1. The van der Waals surface area contributed by atoms with Crippen LogP contribution in [0.5, 0.6) is 5.75 Å². The standard InChI is InChI=1S/C27H23BrClFN4O3/c28-21-14-24-20(26(32-16-31-24)33-18-6-7-23(30)22(29)12-18)13-25(21)37-19-8-10-34(11-9-19)27(35)36-15-17-4-2-1-3-5-17/h1-7,12-14,16,19H,8-11,15H2,(H,31,32,33). The average molecular weight is 586 g/mol. The number of carbonyl (C=O) groups is 1. The maximum absolute atomic E-state index is 13.6. The van der Waals surface area contributed by atoms with Gasteiger partial charge >= 0.3 is 6.09 Å². The summed E-state index contributed by atoms with van der Waals surface area (Å²) in [6, 6.07) is 17.7. The molecule has 1 aliphatic heterocycles. The molecule has 1 fully saturated rings. The van der Waals surface area contributed by atoms with E-state index < -0.39 is 5.82 Å². The van der Waals surface area contributed by atoms with E-state index in [9.17, 15) is 9.18 Å². The quantitative estimate of drug-likeness (QED) is 0.260. The van der Waals surface area contributed by atoms with Gasteiger partial charge in [-0.15, -0.1) is 0 Å². The first-order valence-electron chi connectivity index (χ1n) is 11.7. The molecule has 1 aromatic heterocycles. The van der Waals surface area contributed by atoms with E-state index in [0.29, 0.717) is 48.7 Å². The fourth-order valence-electron chi connectivity index (χ4n) is 4.10. The third-order valence-corrected chi connectivity index (χ3v) is 6.98. The second kappa shape index (κ2) is 11.3. The van der Waals surface area contributed by atoms with Crippen LogP contribution in [0.3, 0.4) is 0 Å². The van der Waals surface area contributed by atoms with Crippen molar-refractivity contribution in [2.45, 2.75) is 25.6 Å². The highest BCUT2D eigenvalue weighted by Crippen LogP contribution is 2.35. The molecule has 0 atom stereocenters. The molecule has 5 rings (SSSR count). The van der Waals surface area contributed by atoms with E-state index in [2.05, 4.69) is 31.2 Å². The number of aromatic nitrogens is 2. The average Bonchev–Trinajstić information content (AvgIpc) is 2.91. The fourth-order valence-corrected chi connectivity index (χ4v) is 4.71. The fraction of sp³-hybridized carbons (Fsp3) is 0.222. The summed E-state index contributed by atoms with van der Waals surface area (Å²) in [7, 11) is 0. The minimum absolute atomic E-state index is 0.0189. The van der Waals surface area contributed by atoms with Crippen LogP contribution < -0.4 is 10.1 Å². The molecule has 0 radical (unpaired) electrons. The van der Waals surface area contributed by atoms with E-state index in [-0.39, 0.29) is 23.8 Å². The van der Waals surface area contributed by atoms with Gasteiger partial charge in [-0.1, -0.05) is 41.9 Å². The van der Waals surface area contributed by atoms with E-state index >= 15 is 0 Å². The van der Waals surface area contributed by atoms with Gasteiger partial charge in [-0.2, -0.15) is 0 Å². The molecule has 0 saturated carbocycles. The smallest absolute Gasteiger partial charge is 0.410 e. The van der Waals surface area contributed by atoms with Crippen molar-refractivity contribution in [2.24, 2.45) is 0 Å². The van der Waals surface area contributed by atoms with Gasteiger partial charge in [0.1, 0.15) is 36.4 Å². The number of likely N-dealkylation sites (tertiary alicyclic amines) is 1. The summed E-state index contributed by atoms with van der Waals surface area (Å²) in [6.07, 6.45) is 2.42. The molecule has 1 aliphatic rings. The molecular formula is C27H23BrClFN4O3. The van der Waals surface area contributed by atoms with Crippen LogP contribution in [0.25, 0.3) is 10.9 Å². The lowest BCUT2D eigenvalue weighted by atomic mass is 10.1. The molecule has 1 saturated heterocycles. The lowest BCUT2D eigenvalue weighted by Gasteiger charge is -2.31. The number of amides is 1. The molecule has 1 amide bonds. The van der Waals surface area contributed by atoms with Crippen LogP contribution in [-0.4, -0.2) is 40.2 Å². The highest BCUT2D eigenvalue weighted by Gasteiger charge is 2.25. The lowest BCUT2D eigenvalue weighted by Crippen LogP contribution is -2.42. The molecule has 37 heavy (non-hydrogen) atoms. The highest BCUT2D eigenvalue weighted by atomic mass is 79.9. The summed E-state index contributed by atoms with van der Waals surface area (Å²) in [4.78, 5) is 22.9. The first-order chi connectivity index (χ1) is 18.0. The van der Waals surface area contributed by atoms with Crippen LogP contribution in [0, 0.1) is 5.82 Å². The van der Waals surface area contributed by atoms with Gasteiger partial charge in [0.25, 0.3) is 0 Å². The van der Waals surface area contributed by atoms with Gasteiger partial charge in [-0.3, -0.25) is 0 Å². The molecule has 190 valence electrons. The van der Waals surface area contributed by atoms with Gasteiger partial charge < -0.3 is 19.7 Å². The predicted octanol–water partition coefficient (Wildman–Crippen LogP) is 7.11. The van der Waals surface area contributed by atoms with E-state index in [1.807, 2.05) is 42.5 Å². The zero-order chi connectivity index (χ0) is 25.8. The normalized spacial score (nSPS) is 14.0. The first-order valence-corrected chi connectivity index (χ1v) is 12.9. The maximum Gasteiger partial charge on any atom is 0.410 e. The van der Waals surface area contributed by atoms with Gasteiger partial charge in [0.2, 0.25) is 0 Å². The molecule has 0 unspecified atom stereocenters. The van der Waals surface area contributed by atoms with Crippen molar-refractivity contribution in [1.82, 2.24) is 14.9 Å². The number of rotatable bonds is 6. The minimum atomic E-state index is -0.491. The Morgan fingerprint density at radius 1 is 1.11 bits per heavy atom. The number of fused-ring (bicyclic) bond motifs is 1. The Kier molecular flexibility index (Phi) is 7.71. The Morgan fingerprint density at radius 3 is 2.65 bits per heavy atom. The number of nitrogens with one attached hydrogen (secondary N) is 1. The zero-order valence-corrected chi connectivity index (χ0v) is 22.0. The molecule has 0 spiro atoms. The van der Waals surface area contributed by atoms with Crippen LogP contribution in [-0.2, 0) is 11.3 Å².